The van der Waals surface area contributed by atoms with Crippen LogP contribution in [0.25, 0.3) is 20.4 Å². The molecule has 1 aromatic carbocycles. The van der Waals surface area contributed by atoms with Crippen LogP contribution in [0, 0.1) is 0 Å². The van der Waals surface area contributed by atoms with Gasteiger partial charge in [-0.05, 0) is 68.0 Å². The van der Waals surface area contributed by atoms with Crippen molar-refractivity contribution in [2.75, 3.05) is 13.2 Å². The van der Waals surface area contributed by atoms with Crippen LogP contribution < -0.4 is 15.9 Å². The van der Waals surface area contributed by atoms with Crippen molar-refractivity contribution < 1.29 is 28.9 Å². The molecule has 6 heterocycles. The van der Waals surface area contributed by atoms with Gasteiger partial charge in [-0.25, -0.2) is 0 Å². The van der Waals surface area contributed by atoms with Gasteiger partial charge in [-0.1, -0.05) is 30.3 Å². The molecule has 0 bridgehead atoms. The van der Waals surface area contributed by atoms with E-state index in [0.717, 1.165) is 48.1 Å². The number of nitrogens with zero attached hydrogens (tertiary/aromatic N) is 2. The van der Waals surface area contributed by atoms with Crippen molar-refractivity contribution in [2.45, 2.75) is 71.4 Å². The van der Waals surface area contributed by atoms with Crippen LogP contribution in [0.15, 0.2) is 62.8 Å². The Morgan fingerprint density at radius 1 is 0.809 bits per heavy atom. The van der Waals surface area contributed by atoms with E-state index in [1.807, 2.05) is 53.2 Å². The molecule has 2 atom stereocenters. The molecule has 7 rings (SSSR count). The summed E-state index contributed by atoms with van der Waals surface area (Å²) in [5, 5.41) is 13.8. The average Bonchev–Trinajstić information content (AvgIpc) is 3.89. The van der Waals surface area contributed by atoms with Crippen molar-refractivity contribution in [1.29, 1.82) is 0 Å². The molecule has 246 valence electrons. The number of thiophene rings is 2. The van der Waals surface area contributed by atoms with Gasteiger partial charge in [0, 0.05) is 13.2 Å². The molecule has 2 fully saturated rings. The number of Topliss-reactive ketones (excluding diaryl/α,β-unsaturated/α-hetero) is 2. The molecule has 2 saturated heterocycles. The normalized spacial score (nSPS) is 17.6. The van der Waals surface area contributed by atoms with Gasteiger partial charge in [0.15, 0.2) is 23.1 Å². The Morgan fingerprint density at radius 2 is 1.34 bits per heavy atom. The highest BCUT2D eigenvalue weighted by Crippen LogP contribution is 2.32. The average molecular weight is 677 g/mol. The van der Waals surface area contributed by atoms with E-state index in [-0.39, 0.29) is 47.3 Å². The van der Waals surface area contributed by atoms with Crippen molar-refractivity contribution in [3.8, 4) is 11.5 Å². The molecule has 5 aromatic rings. The topological polar surface area (TPSA) is 126 Å². The maximum atomic E-state index is 13.2. The maximum absolute atomic E-state index is 13.2. The van der Waals surface area contributed by atoms with Gasteiger partial charge >= 0.3 is 0 Å². The summed E-state index contributed by atoms with van der Waals surface area (Å²) in [6, 6.07) is 13.3. The van der Waals surface area contributed by atoms with Crippen molar-refractivity contribution in [1.82, 2.24) is 9.13 Å². The van der Waals surface area contributed by atoms with Gasteiger partial charge in [-0.3, -0.25) is 19.2 Å². The lowest BCUT2D eigenvalue weighted by atomic mass is 10.1. The van der Waals surface area contributed by atoms with Crippen LogP contribution in [0.1, 0.15) is 65.8 Å². The van der Waals surface area contributed by atoms with Crippen LogP contribution in [0.5, 0.6) is 11.5 Å². The molecule has 0 saturated carbocycles. The van der Waals surface area contributed by atoms with Crippen LogP contribution in [-0.2, 0) is 29.2 Å². The number of fused-ring (bicyclic) bond motifs is 2. The zero-order valence-corrected chi connectivity index (χ0v) is 27.9. The number of carbonyl (C=O) groups is 2. The molecule has 2 aliphatic heterocycles. The number of pyridine rings is 2. The first-order chi connectivity index (χ1) is 22.7. The third-order valence-electron chi connectivity index (χ3n) is 8.43. The summed E-state index contributed by atoms with van der Waals surface area (Å²) in [4.78, 5) is 49.6. The number of ether oxygens (including phenoxy) is 3. The van der Waals surface area contributed by atoms with Crippen LogP contribution in [0.4, 0.5) is 0 Å². The Kier molecular flexibility index (Phi) is 10.0. The molecule has 47 heavy (non-hydrogen) atoms. The molecule has 2 unspecified atom stereocenters. The van der Waals surface area contributed by atoms with Crippen LogP contribution in [0.3, 0.4) is 0 Å². The van der Waals surface area contributed by atoms with Gasteiger partial charge < -0.3 is 28.5 Å². The molecule has 0 amide bonds. The zero-order valence-electron chi connectivity index (χ0n) is 26.2. The highest BCUT2D eigenvalue weighted by atomic mass is 32.1. The van der Waals surface area contributed by atoms with E-state index in [4.69, 9.17) is 14.2 Å². The van der Waals surface area contributed by atoms with Crippen LogP contribution >= 0.6 is 22.7 Å². The number of rotatable bonds is 9. The summed E-state index contributed by atoms with van der Waals surface area (Å²) in [7, 11) is 0. The van der Waals surface area contributed by atoms with Crippen molar-refractivity contribution in [3.05, 3.63) is 90.6 Å². The first-order valence-corrected chi connectivity index (χ1v) is 17.4. The van der Waals surface area contributed by atoms with Crippen molar-refractivity contribution in [3.63, 3.8) is 0 Å². The van der Waals surface area contributed by atoms with Gasteiger partial charge in [0.1, 0.15) is 6.61 Å². The molecule has 12 heteroatoms. The van der Waals surface area contributed by atoms with Crippen molar-refractivity contribution >= 4 is 54.7 Å². The first kappa shape index (κ1) is 32.8. The number of benzene rings is 1. The Labute approximate surface area is 278 Å². The minimum atomic E-state index is -0.517. The summed E-state index contributed by atoms with van der Waals surface area (Å²) in [5.74, 6) is -0.770. The quantitative estimate of drug-likeness (QED) is 0.184. The fraction of sp³-hybridized carbons (Fsp3) is 0.371. The molecule has 0 aliphatic carbocycles. The molecule has 4 aromatic heterocycles. The fourth-order valence-electron chi connectivity index (χ4n) is 6.15. The van der Waals surface area contributed by atoms with E-state index in [0.29, 0.717) is 35.5 Å². The SMILES string of the molecule is CC(=O)c1c(O)c(=O)n(CC2CCCO2)c2ccsc12.CC(=O)c1c(OCc2ccccc2)c(=O)n(CC2CCCO2)c2ccsc12. The largest absolute Gasteiger partial charge is 0.502 e. The Hall–Kier alpha value is -4.10. The van der Waals surface area contributed by atoms with E-state index in [9.17, 15) is 24.3 Å². The van der Waals surface area contributed by atoms with Gasteiger partial charge in [0.05, 0.1) is 56.9 Å². The molecular formula is C35H36N2O8S2. The number of hydrogen-bond acceptors (Lipinski definition) is 10. The van der Waals surface area contributed by atoms with Gasteiger partial charge in [0.2, 0.25) is 0 Å². The minimum absolute atomic E-state index is 0.00150. The summed E-state index contributed by atoms with van der Waals surface area (Å²) in [5.41, 5.74) is 2.14. The summed E-state index contributed by atoms with van der Waals surface area (Å²) in [6.45, 7) is 5.42. The van der Waals surface area contributed by atoms with E-state index < -0.39 is 11.3 Å². The number of carbonyl (C=O) groups excluding carboxylic acids is 2. The lowest BCUT2D eigenvalue weighted by molar-refractivity contribution is 0.0965. The second kappa shape index (κ2) is 14.3. The third kappa shape index (κ3) is 6.82. The molecule has 2 aliphatic rings. The lowest BCUT2D eigenvalue weighted by Crippen LogP contribution is -2.29. The predicted octanol–water partition coefficient (Wildman–Crippen LogP) is 6.17. The monoisotopic (exact) mass is 676 g/mol. The van der Waals surface area contributed by atoms with E-state index >= 15 is 0 Å². The van der Waals surface area contributed by atoms with Crippen molar-refractivity contribution in [2.24, 2.45) is 0 Å². The molecule has 0 radical (unpaired) electrons. The number of aromatic hydroxyl groups is 1. The second-order valence-electron chi connectivity index (χ2n) is 11.7. The van der Waals surface area contributed by atoms with Gasteiger partial charge in [0.25, 0.3) is 11.1 Å². The molecule has 1 N–H and O–H groups in total. The Bertz CT molecular complexity index is 2030. The van der Waals surface area contributed by atoms with Gasteiger partial charge in [-0.15, -0.1) is 22.7 Å². The highest BCUT2D eigenvalue weighted by molar-refractivity contribution is 7.18. The Balaban J connectivity index is 0.000000172. The zero-order chi connectivity index (χ0) is 33.1. The number of ketones is 2. The van der Waals surface area contributed by atoms with Crippen LogP contribution in [-0.4, -0.2) is 51.2 Å². The summed E-state index contributed by atoms with van der Waals surface area (Å²) in [6.07, 6.45) is 3.87. The molecule has 10 nitrogen and oxygen atoms in total. The lowest BCUT2D eigenvalue weighted by Gasteiger charge is -2.17. The molecular weight excluding hydrogens is 641 g/mol. The maximum Gasteiger partial charge on any atom is 0.294 e. The van der Waals surface area contributed by atoms with Gasteiger partial charge in [-0.2, -0.15) is 0 Å². The van der Waals surface area contributed by atoms with E-state index in [1.54, 1.807) is 4.57 Å². The smallest absolute Gasteiger partial charge is 0.294 e. The molecule has 0 spiro atoms. The third-order valence-corrected chi connectivity index (χ3v) is 10.3. The summed E-state index contributed by atoms with van der Waals surface area (Å²) >= 11 is 2.81. The first-order valence-electron chi connectivity index (χ1n) is 15.6. The van der Waals surface area contributed by atoms with E-state index in [2.05, 4.69) is 0 Å². The standard InChI is InChI=1S/C21H21NO4S.C14H15NO4S/c1-14(23)18-19(26-13-15-6-3-2-4-7-15)21(24)22(12-16-8-5-10-25-16)17-9-11-27-20(17)18;1-8(16)11-12(17)14(18)15(7-9-3-2-5-19-9)10-4-6-20-13(10)11/h2-4,6-7,9,11,16H,5,8,10,12-13H2,1H3;4,6,9,17H,2-3,5,7H2,1H3. The predicted molar refractivity (Wildman–Crippen MR) is 183 cm³/mol. The number of aromatic nitrogens is 2. The Morgan fingerprint density at radius 3 is 1.85 bits per heavy atom. The van der Waals surface area contributed by atoms with E-state index in [1.165, 1.54) is 41.1 Å². The minimum Gasteiger partial charge on any atom is -0.502 e. The second-order valence-corrected chi connectivity index (χ2v) is 13.5. The fourth-order valence-corrected chi connectivity index (χ4v) is 8.13. The number of hydrogen-bond donors (Lipinski definition) is 1. The summed E-state index contributed by atoms with van der Waals surface area (Å²) < 4.78 is 21.9. The highest BCUT2D eigenvalue weighted by Gasteiger charge is 2.26. The van der Waals surface area contributed by atoms with Crippen LogP contribution in [0.2, 0.25) is 0 Å².